The Bertz CT molecular complexity index is 411. The highest BCUT2D eigenvalue weighted by Crippen LogP contribution is 2.22. The molecule has 0 amide bonds. The Labute approximate surface area is 120 Å². The van der Waals surface area contributed by atoms with Crippen molar-refractivity contribution in [1.29, 1.82) is 0 Å². The van der Waals surface area contributed by atoms with Crippen molar-refractivity contribution in [2.75, 3.05) is 19.7 Å². The van der Waals surface area contributed by atoms with Gasteiger partial charge in [-0.15, -0.1) is 0 Å². The highest BCUT2D eigenvalue weighted by molar-refractivity contribution is 6.30. The molecule has 0 saturated carbocycles. The van der Waals surface area contributed by atoms with E-state index in [1.165, 1.54) is 0 Å². The van der Waals surface area contributed by atoms with Crippen LogP contribution >= 0.6 is 11.6 Å². The zero-order valence-electron chi connectivity index (χ0n) is 11.7. The number of hydrogen-bond acceptors (Lipinski definition) is 3. The summed E-state index contributed by atoms with van der Waals surface area (Å²) in [6.45, 7) is 7.24. The zero-order valence-corrected chi connectivity index (χ0v) is 12.4. The topological polar surface area (TPSA) is 38.5 Å². The minimum atomic E-state index is 0.0859. The molecule has 2 atom stereocenters. The fraction of sp³-hybridized carbons (Fsp3) is 0.600. The van der Waals surface area contributed by atoms with Crippen LogP contribution in [-0.4, -0.2) is 36.7 Å². The Morgan fingerprint density at radius 3 is 2.89 bits per heavy atom. The number of rotatable bonds is 5. The Morgan fingerprint density at radius 2 is 2.26 bits per heavy atom. The van der Waals surface area contributed by atoms with Crippen molar-refractivity contribution in [3.05, 3.63) is 29.3 Å². The van der Waals surface area contributed by atoms with Crippen LogP contribution in [0.15, 0.2) is 24.3 Å². The predicted octanol–water partition coefficient (Wildman–Crippen LogP) is 2.78. The molecule has 1 aliphatic heterocycles. The van der Waals surface area contributed by atoms with Crippen LogP contribution in [0, 0.1) is 5.92 Å². The van der Waals surface area contributed by atoms with Gasteiger partial charge in [0.05, 0.1) is 0 Å². The van der Waals surface area contributed by atoms with Gasteiger partial charge < -0.3 is 15.4 Å². The van der Waals surface area contributed by atoms with E-state index in [0.29, 0.717) is 23.6 Å². The molecule has 0 bridgehead atoms. The fourth-order valence-electron chi connectivity index (χ4n) is 2.52. The Kier molecular flexibility index (Phi) is 5.08. The summed E-state index contributed by atoms with van der Waals surface area (Å²) in [5.74, 6) is 1.32. The first-order valence-corrected chi connectivity index (χ1v) is 7.32. The van der Waals surface area contributed by atoms with Gasteiger partial charge in [-0.1, -0.05) is 17.7 Å². The Morgan fingerprint density at radius 1 is 1.47 bits per heavy atom. The summed E-state index contributed by atoms with van der Waals surface area (Å²) in [4.78, 5) is 2.48. The Balaban J connectivity index is 1.80. The average Bonchev–Trinajstić information content (AvgIpc) is 2.86. The predicted molar refractivity (Wildman–Crippen MR) is 79.7 cm³/mol. The molecule has 2 rings (SSSR count). The molecule has 106 valence electrons. The number of hydrogen-bond donors (Lipinski definition) is 1. The molecule has 0 radical (unpaired) electrons. The molecule has 0 aliphatic carbocycles. The number of nitrogens with two attached hydrogens (primary N) is 1. The molecule has 0 spiro atoms. The second-order valence-corrected chi connectivity index (χ2v) is 6.01. The van der Waals surface area contributed by atoms with E-state index >= 15 is 0 Å². The van der Waals surface area contributed by atoms with Crippen LogP contribution in [0.3, 0.4) is 0 Å². The molecule has 3 nitrogen and oxygen atoms in total. The molecule has 2 unspecified atom stereocenters. The van der Waals surface area contributed by atoms with E-state index < -0.39 is 0 Å². The lowest BCUT2D eigenvalue weighted by Gasteiger charge is -2.23. The molecule has 1 aromatic carbocycles. The van der Waals surface area contributed by atoms with E-state index in [9.17, 15) is 0 Å². The lowest BCUT2D eigenvalue weighted by atomic mass is 10.0. The first-order valence-electron chi connectivity index (χ1n) is 6.94. The quantitative estimate of drug-likeness (QED) is 0.902. The smallest absolute Gasteiger partial charge is 0.120 e. The summed E-state index contributed by atoms with van der Waals surface area (Å²) >= 11 is 5.92. The molecular formula is C15H23ClN2O. The molecule has 1 aromatic rings. The number of likely N-dealkylation sites (tertiary alicyclic amines) is 1. The number of benzene rings is 1. The molecular weight excluding hydrogens is 260 g/mol. The van der Waals surface area contributed by atoms with Gasteiger partial charge >= 0.3 is 0 Å². The standard InChI is InChI=1S/C15H23ClN2O/c1-11(2)18-7-6-12(9-18)15(17)10-19-14-5-3-4-13(16)8-14/h3-5,8,11-12,15H,6-7,9-10,17H2,1-2H3. The minimum Gasteiger partial charge on any atom is -0.492 e. The molecule has 1 heterocycles. The van der Waals surface area contributed by atoms with E-state index in [-0.39, 0.29) is 6.04 Å². The lowest BCUT2D eigenvalue weighted by Crippen LogP contribution is -2.38. The van der Waals surface area contributed by atoms with Gasteiger partial charge in [-0.2, -0.15) is 0 Å². The van der Waals surface area contributed by atoms with Gasteiger partial charge in [0.1, 0.15) is 12.4 Å². The van der Waals surface area contributed by atoms with Crippen LogP contribution in [-0.2, 0) is 0 Å². The molecule has 4 heteroatoms. The lowest BCUT2D eigenvalue weighted by molar-refractivity contribution is 0.225. The van der Waals surface area contributed by atoms with Gasteiger partial charge in [-0.3, -0.25) is 0 Å². The van der Waals surface area contributed by atoms with Gasteiger partial charge in [-0.05, 0) is 50.9 Å². The maximum absolute atomic E-state index is 6.24. The van der Waals surface area contributed by atoms with Crippen LogP contribution in [0.5, 0.6) is 5.75 Å². The first-order chi connectivity index (χ1) is 9.06. The van der Waals surface area contributed by atoms with E-state index in [2.05, 4.69) is 18.7 Å². The third-order valence-electron chi connectivity index (χ3n) is 3.83. The SMILES string of the molecule is CC(C)N1CCC(C(N)COc2cccc(Cl)c2)C1. The molecule has 2 N–H and O–H groups in total. The largest absolute Gasteiger partial charge is 0.492 e. The number of ether oxygens (including phenoxy) is 1. The maximum Gasteiger partial charge on any atom is 0.120 e. The van der Waals surface area contributed by atoms with E-state index in [1.807, 2.05) is 24.3 Å². The average molecular weight is 283 g/mol. The van der Waals surface area contributed by atoms with Crippen molar-refractivity contribution in [2.45, 2.75) is 32.4 Å². The van der Waals surface area contributed by atoms with Gasteiger partial charge in [0.2, 0.25) is 0 Å². The van der Waals surface area contributed by atoms with E-state index in [0.717, 1.165) is 25.3 Å². The minimum absolute atomic E-state index is 0.0859. The highest BCUT2D eigenvalue weighted by Gasteiger charge is 2.28. The second-order valence-electron chi connectivity index (χ2n) is 5.57. The maximum atomic E-state index is 6.24. The Hall–Kier alpha value is -0.770. The van der Waals surface area contributed by atoms with Crippen molar-refractivity contribution < 1.29 is 4.74 Å². The van der Waals surface area contributed by atoms with Crippen molar-refractivity contribution in [2.24, 2.45) is 11.7 Å². The zero-order chi connectivity index (χ0) is 13.8. The van der Waals surface area contributed by atoms with Crippen LogP contribution in [0.25, 0.3) is 0 Å². The van der Waals surface area contributed by atoms with Gasteiger partial charge in [0.25, 0.3) is 0 Å². The van der Waals surface area contributed by atoms with E-state index in [4.69, 9.17) is 22.1 Å². The van der Waals surface area contributed by atoms with Crippen LogP contribution < -0.4 is 10.5 Å². The summed E-state index contributed by atoms with van der Waals surface area (Å²) < 4.78 is 5.73. The van der Waals surface area contributed by atoms with Crippen LogP contribution in [0.2, 0.25) is 5.02 Å². The molecule has 0 aromatic heterocycles. The number of nitrogens with zero attached hydrogens (tertiary/aromatic N) is 1. The summed E-state index contributed by atoms with van der Waals surface area (Å²) in [6.07, 6.45) is 1.16. The molecule has 1 saturated heterocycles. The molecule has 19 heavy (non-hydrogen) atoms. The van der Waals surface area contributed by atoms with Gasteiger partial charge in [0.15, 0.2) is 0 Å². The summed E-state index contributed by atoms with van der Waals surface area (Å²) in [5, 5.41) is 0.693. The summed E-state index contributed by atoms with van der Waals surface area (Å²) in [6, 6.07) is 8.15. The van der Waals surface area contributed by atoms with Crippen molar-refractivity contribution >= 4 is 11.6 Å². The third-order valence-corrected chi connectivity index (χ3v) is 4.07. The van der Waals surface area contributed by atoms with Crippen molar-refractivity contribution in [1.82, 2.24) is 4.90 Å². The van der Waals surface area contributed by atoms with Crippen LogP contribution in [0.4, 0.5) is 0 Å². The summed E-state index contributed by atoms with van der Waals surface area (Å²) in [5.41, 5.74) is 6.24. The molecule has 1 aliphatic rings. The monoisotopic (exact) mass is 282 g/mol. The normalized spacial score (nSPS) is 21.8. The first kappa shape index (κ1) is 14.6. The fourth-order valence-corrected chi connectivity index (χ4v) is 2.70. The second kappa shape index (κ2) is 6.60. The van der Waals surface area contributed by atoms with Gasteiger partial charge in [0, 0.05) is 23.7 Å². The molecule has 1 fully saturated rings. The van der Waals surface area contributed by atoms with Crippen LogP contribution in [0.1, 0.15) is 20.3 Å². The highest BCUT2D eigenvalue weighted by atomic mass is 35.5. The van der Waals surface area contributed by atoms with Crippen molar-refractivity contribution in [3.8, 4) is 5.75 Å². The van der Waals surface area contributed by atoms with E-state index in [1.54, 1.807) is 0 Å². The van der Waals surface area contributed by atoms with Gasteiger partial charge in [-0.25, -0.2) is 0 Å². The summed E-state index contributed by atoms with van der Waals surface area (Å²) in [7, 11) is 0. The third kappa shape index (κ3) is 4.10. The number of halogens is 1. The van der Waals surface area contributed by atoms with Crippen molar-refractivity contribution in [3.63, 3.8) is 0 Å².